The number of ether oxygens (including phenoxy) is 1. The van der Waals surface area contributed by atoms with Crippen LogP contribution in [-0.2, 0) is 0 Å². The fourth-order valence-electron chi connectivity index (χ4n) is 2.30. The lowest BCUT2D eigenvalue weighted by Gasteiger charge is -2.30. The first-order chi connectivity index (χ1) is 9.13. The first-order valence-corrected chi connectivity index (χ1v) is 6.51. The van der Waals surface area contributed by atoms with Gasteiger partial charge in [-0.2, -0.15) is 0 Å². The van der Waals surface area contributed by atoms with Gasteiger partial charge in [0.05, 0.1) is 12.7 Å². The Morgan fingerprint density at radius 3 is 3.00 bits per heavy atom. The molecule has 1 aliphatic rings. The fraction of sp³-hybridized carbons (Fsp3) is 0.500. The van der Waals surface area contributed by atoms with Crippen LogP contribution >= 0.6 is 0 Å². The zero-order valence-corrected chi connectivity index (χ0v) is 11.3. The van der Waals surface area contributed by atoms with E-state index in [9.17, 15) is 9.90 Å². The maximum Gasteiger partial charge on any atom is 0.255 e. The van der Waals surface area contributed by atoms with E-state index in [-0.39, 0.29) is 23.3 Å². The van der Waals surface area contributed by atoms with Crippen LogP contribution < -0.4 is 15.4 Å². The van der Waals surface area contributed by atoms with Gasteiger partial charge in [-0.25, -0.2) is 0 Å². The third-order valence-corrected chi connectivity index (χ3v) is 3.61. The van der Waals surface area contributed by atoms with Crippen molar-refractivity contribution in [2.24, 2.45) is 5.92 Å². The number of benzene rings is 1. The van der Waals surface area contributed by atoms with Crippen LogP contribution in [0.15, 0.2) is 18.2 Å². The summed E-state index contributed by atoms with van der Waals surface area (Å²) in [5, 5.41) is 16.2. The van der Waals surface area contributed by atoms with E-state index in [1.807, 2.05) is 0 Å². The summed E-state index contributed by atoms with van der Waals surface area (Å²) in [6.07, 6.45) is 1.04. The molecule has 5 nitrogen and oxygen atoms in total. The second-order valence-electron chi connectivity index (χ2n) is 4.91. The van der Waals surface area contributed by atoms with E-state index in [0.29, 0.717) is 11.7 Å². The molecule has 2 unspecified atom stereocenters. The number of para-hydroxylation sites is 1. The molecule has 0 saturated carbocycles. The molecule has 0 spiro atoms. The number of carbonyl (C=O) groups is 1. The molecule has 1 fully saturated rings. The molecule has 5 heteroatoms. The highest BCUT2D eigenvalue weighted by Crippen LogP contribution is 2.29. The van der Waals surface area contributed by atoms with E-state index >= 15 is 0 Å². The number of carbonyl (C=O) groups excluding carboxylic acids is 1. The molecular formula is C14H20N2O3. The topological polar surface area (TPSA) is 70.6 Å². The number of rotatable bonds is 3. The lowest BCUT2D eigenvalue weighted by Crippen LogP contribution is -2.50. The molecule has 0 bridgehead atoms. The smallest absolute Gasteiger partial charge is 0.255 e. The predicted octanol–water partition coefficient (Wildman–Crippen LogP) is 1.13. The molecule has 0 aliphatic carbocycles. The highest BCUT2D eigenvalue weighted by Gasteiger charge is 2.24. The molecule has 1 heterocycles. The summed E-state index contributed by atoms with van der Waals surface area (Å²) < 4.78 is 5.00. The molecule has 19 heavy (non-hydrogen) atoms. The third kappa shape index (κ3) is 2.98. The molecule has 1 aromatic rings. The standard InChI is InChI=1S/C14H20N2O3/c1-9-6-7-15-8-11(9)16-14(18)10-4-3-5-12(19-2)13(10)17/h3-5,9,11,15,17H,6-8H2,1-2H3,(H,16,18). The van der Waals surface area contributed by atoms with Gasteiger partial charge in [0.15, 0.2) is 11.5 Å². The molecule has 1 aromatic carbocycles. The molecule has 0 radical (unpaired) electrons. The Morgan fingerprint density at radius 1 is 1.53 bits per heavy atom. The Morgan fingerprint density at radius 2 is 2.32 bits per heavy atom. The highest BCUT2D eigenvalue weighted by atomic mass is 16.5. The fourth-order valence-corrected chi connectivity index (χ4v) is 2.30. The first kappa shape index (κ1) is 13.7. The summed E-state index contributed by atoms with van der Waals surface area (Å²) >= 11 is 0. The van der Waals surface area contributed by atoms with Gasteiger partial charge >= 0.3 is 0 Å². The molecule has 2 atom stereocenters. The van der Waals surface area contributed by atoms with Gasteiger partial charge in [0, 0.05) is 12.6 Å². The van der Waals surface area contributed by atoms with Crippen LogP contribution in [-0.4, -0.2) is 37.3 Å². The number of amides is 1. The van der Waals surface area contributed by atoms with Gasteiger partial charge < -0.3 is 20.5 Å². The van der Waals surface area contributed by atoms with Gasteiger partial charge in [-0.1, -0.05) is 13.0 Å². The monoisotopic (exact) mass is 264 g/mol. The van der Waals surface area contributed by atoms with E-state index in [0.717, 1.165) is 19.5 Å². The average molecular weight is 264 g/mol. The average Bonchev–Trinajstić information content (AvgIpc) is 2.41. The molecule has 1 saturated heterocycles. The molecular weight excluding hydrogens is 244 g/mol. The Labute approximate surface area is 113 Å². The minimum Gasteiger partial charge on any atom is -0.504 e. The van der Waals surface area contributed by atoms with Crippen molar-refractivity contribution >= 4 is 5.91 Å². The zero-order valence-electron chi connectivity index (χ0n) is 11.3. The van der Waals surface area contributed by atoms with Gasteiger partial charge in [-0.15, -0.1) is 0 Å². The van der Waals surface area contributed by atoms with Crippen molar-refractivity contribution in [3.8, 4) is 11.5 Å². The normalized spacial score (nSPS) is 22.8. The van der Waals surface area contributed by atoms with E-state index < -0.39 is 0 Å². The summed E-state index contributed by atoms with van der Waals surface area (Å²) in [6.45, 7) is 3.87. The molecule has 1 amide bonds. The van der Waals surface area contributed by atoms with Crippen molar-refractivity contribution in [3.63, 3.8) is 0 Å². The van der Waals surface area contributed by atoms with E-state index in [1.54, 1.807) is 18.2 Å². The summed E-state index contributed by atoms with van der Waals surface area (Å²) in [5.74, 6) is 0.358. The Bertz CT molecular complexity index is 462. The van der Waals surface area contributed by atoms with Crippen LogP contribution in [0.1, 0.15) is 23.7 Å². The minimum absolute atomic E-state index is 0.0897. The SMILES string of the molecule is COc1cccc(C(=O)NC2CNCCC2C)c1O. The highest BCUT2D eigenvalue weighted by molar-refractivity contribution is 5.97. The number of phenols is 1. The number of hydrogen-bond acceptors (Lipinski definition) is 4. The number of phenolic OH excluding ortho intramolecular Hbond substituents is 1. The Hall–Kier alpha value is -1.75. The Balaban J connectivity index is 2.11. The number of nitrogens with one attached hydrogen (secondary N) is 2. The van der Waals surface area contributed by atoms with Crippen LogP contribution in [0.3, 0.4) is 0 Å². The van der Waals surface area contributed by atoms with Crippen LogP contribution in [0, 0.1) is 5.92 Å². The number of piperidine rings is 1. The molecule has 2 rings (SSSR count). The quantitative estimate of drug-likeness (QED) is 0.765. The predicted molar refractivity (Wildman–Crippen MR) is 72.6 cm³/mol. The number of hydrogen-bond donors (Lipinski definition) is 3. The molecule has 1 aliphatic heterocycles. The van der Waals surface area contributed by atoms with Crippen molar-refractivity contribution in [2.45, 2.75) is 19.4 Å². The van der Waals surface area contributed by atoms with Crippen molar-refractivity contribution < 1.29 is 14.6 Å². The minimum atomic E-state index is -0.267. The first-order valence-electron chi connectivity index (χ1n) is 6.51. The van der Waals surface area contributed by atoms with Crippen LogP contribution in [0.4, 0.5) is 0 Å². The third-order valence-electron chi connectivity index (χ3n) is 3.61. The van der Waals surface area contributed by atoms with Gasteiger partial charge in [0.25, 0.3) is 5.91 Å². The lowest BCUT2D eigenvalue weighted by atomic mass is 9.94. The summed E-state index contributed by atoms with van der Waals surface area (Å²) in [5.41, 5.74) is 0.247. The maximum absolute atomic E-state index is 12.2. The van der Waals surface area contributed by atoms with Crippen molar-refractivity contribution in [1.82, 2.24) is 10.6 Å². The maximum atomic E-state index is 12.2. The largest absolute Gasteiger partial charge is 0.504 e. The molecule has 104 valence electrons. The second kappa shape index (κ2) is 5.93. The van der Waals surface area contributed by atoms with Gasteiger partial charge in [0.2, 0.25) is 0 Å². The van der Waals surface area contributed by atoms with Crippen LogP contribution in [0.2, 0.25) is 0 Å². The summed E-state index contributed by atoms with van der Waals surface area (Å²) in [4.78, 5) is 12.2. The number of aromatic hydroxyl groups is 1. The summed E-state index contributed by atoms with van der Waals surface area (Å²) in [6, 6.07) is 4.99. The van der Waals surface area contributed by atoms with Crippen molar-refractivity contribution in [3.05, 3.63) is 23.8 Å². The van der Waals surface area contributed by atoms with E-state index in [1.165, 1.54) is 7.11 Å². The lowest BCUT2D eigenvalue weighted by molar-refractivity contribution is 0.0912. The second-order valence-corrected chi connectivity index (χ2v) is 4.91. The van der Waals surface area contributed by atoms with Crippen molar-refractivity contribution in [1.29, 1.82) is 0 Å². The van der Waals surface area contributed by atoms with Gasteiger partial charge in [-0.05, 0) is 31.0 Å². The van der Waals surface area contributed by atoms with Crippen LogP contribution in [0.25, 0.3) is 0 Å². The van der Waals surface area contributed by atoms with Gasteiger partial charge in [0.1, 0.15) is 0 Å². The van der Waals surface area contributed by atoms with E-state index in [2.05, 4.69) is 17.6 Å². The van der Waals surface area contributed by atoms with E-state index in [4.69, 9.17) is 4.74 Å². The van der Waals surface area contributed by atoms with Gasteiger partial charge in [-0.3, -0.25) is 4.79 Å². The van der Waals surface area contributed by atoms with Crippen molar-refractivity contribution in [2.75, 3.05) is 20.2 Å². The summed E-state index contributed by atoms with van der Waals surface area (Å²) in [7, 11) is 1.46. The molecule has 0 aromatic heterocycles. The Kier molecular flexibility index (Phi) is 4.27. The molecule has 3 N–H and O–H groups in total. The van der Waals surface area contributed by atoms with Crippen LogP contribution in [0.5, 0.6) is 11.5 Å². The zero-order chi connectivity index (χ0) is 13.8. The number of methoxy groups -OCH3 is 1.